The van der Waals surface area contributed by atoms with Gasteiger partial charge in [0.05, 0.1) is 88.1 Å². The summed E-state index contributed by atoms with van der Waals surface area (Å²) in [5.41, 5.74) is 5.96. The van der Waals surface area contributed by atoms with Crippen LogP contribution >= 0.6 is 15.9 Å². The van der Waals surface area contributed by atoms with Gasteiger partial charge in [-0.15, -0.1) is 0 Å². The molecule has 1 aromatic carbocycles. The monoisotopic (exact) mass is 849 g/mol. The maximum atomic E-state index is 15.4. The number of benzene rings is 1. The Labute approximate surface area is 339 Å². The first-order valence-electron chi connectivity index (χ1n) is 17.8. The van der Waals surface area contributed by atoms with Crippen molar-refractivity contribution in [3.8, 4) is 45.7 Å². The number of methoxy groups -OCH3 is 2. The topological polar surface area (TPSA) is 163 Å². The van der Waals surface area contributed by atoms with Gasteiger partial charge in [-0.05, 0) is 59.3 Å². The molecule has 0 spiro atoms. The molecule has 1 N–H and O–H groups in total. The number of hydrogen-bond acceptors (Lipinski definition) is 13. The minimum absolute atomic E-state index is 0.101. The zero-order valence-electron chi connectivity index (χ0n) is 31.3. The molecule has 1 aliphatic rings. The minimum atomic E-state index is -0.717. The molecule has 0 amide bonds. The lowest BCUT2D eigenvalue weighted by Gasteiger charge is -2.29. The van der Waals surface area contributed by atoms with Gasteiger partial charge in [0.2, 0.25) is 11.8 Å². The van der Waals surface area contributed by atoms with E-state index in [0.29, 0.717) is 69.0 Å². The highest BCUT2D eigenvalue weighted by Crippen LogP contribution is 2.40. The maximum absolute atomic E-state index is 15.4. The number of aromatic nitrogens is 6. The number of nitrogens with one attached hydrogen (secondary N) is 1. The Morgan fingerprint density at radius 3 is 2.34 bits per heavy atom. The van der Waals surface area contributed by atoms with E-state index in [1.54, 1.807) is 50.0 Å². The summed E-state index contributed by atoms with van der Waals surface area (Å²) in [5.74, 6) is -0.659. The van der Waals surface area contributed by atoms with Crippen LogP contribution in [0.1, 0.15) is 5.56 Å². The zero-order chi connectivity index (χ0) is 40.8. The van der Waals surface area contributed by atoms with Gasteiger partial charge in [0.15, 0.2) is 5.69 Å². The van der Waals surface area contributed by atoms with E-state index in [1.165, 1.54) is 25.4 Å². The van der Waals surface area contributed by atoms with Crippen molar-refractivity contribution in [2.24, 2.45) is 0 Å². The van der Waals surface area contributed by atoms with Crippen molar-refractivity contribution in [2.45, 2.75) is 6.92 Å². The van der Waals surface area contributed by atoms with Crippen LogP contribution in [0.5, 0.6) is 11.8 Å². The molecular weight excluding hydrogens is 816 g/mol. The highest BCUT2D eigenvalue weighted by Gasteiger charge is 2.23. The summed E-state index contributed by atoms with van der Waals surface area (Å²) >= 11 is 3.17. The minimum Gasteiger partial charge on any atom is -0.481 e. The molecule has 7 heterocycles. The smallest absolute Gasteiger partial charge is 0.296 e. The van der Waals surface area contributed by atoms with Crippen LogP contribution in [0.3, 0.4) is 0 Å². The number of hydrogen-bond donors (Lipinski definition) is 1. The average Bonchev–Trinajstić information content (AvgIpc) is 3.25. The van der Waals surface area contributed by atoms with E-state index in [0.717, 1.165) is 30.4 Å². The molecule has 294 valence electrons. The first-order chi connectivity index (χ1) is 28.1. The van der Waals surface area contributed by atoms with Crippen LogP contribution < -0.4 is 19.7 Å². The van der Waals surface area contributed by atoms with Gasteiger partial charge < -0.3 is 24.4 Å². The molecule has 0 radical (unpaired) electrons. The summed E-state index contributed by atoms with van der Waals surface area (Å²) < 4.78 is 46.0. The summed E-state index contributed by atoms with van der Waals surface area (Å²) in [6.07, 6.45) is 8.24. The molecular formula is C41H34BrF2N9O5. The van der Waals surface area contributed by atoms with E-state index in [1.807, 2.05) is 37.4 Å². The summed E-state index contributed by atoms with van der Waals surface area (Å²) in [6.45, 7) is 4.52. The van der Waals surface area contributed by atoms with Crippen molar-refractivity contribution in [2.75, 3.05) is 50.7 Å². The third kappa shape index (κ3) is 8.50. The average molecular weight is 851 g/mol. The standard InChI is InChI=1S/C30H26F2N6O2.C11H8BrN3O3/c1-18-28(23-5-3-4-8-33-23)36-24-14-20(31)13-22(32)27(24)29(18)37-25-15-21(38-9-11-40-12-10-38)17-35-30(25)19-6-7-26(39-2)34-16-19;1-18-11-8(12)5-9(15(16)17)10(14-11)7-3-2-4-13-6-7/h3-8,13-17H,9-12H2,1-2H3,(H,36,37);2-6H,1H3. The van der Waals surface area contributed by atoms with E-state index in [-0.39, 0.29) is 22.3 Å². The van der Waals surface area contributed by atoms with E-state index in [2.05, 4.69) is 51.1 Å². The fourth-order valence-corrected chi connectivity index (χ4v) is 6.79. The fourth-order valence-electron chi connectivity index (χ4n) is 6.32. The normalized spacial score (nSPS) is 12.4. The molecule has 0 unspecified atom stereocenters. The maximum Gasteiger partial charge on any atom is 0.296 e. The van der Waals surface area contributed by atoms with E-state index < -0.39 is 16.6 Å². The number of nitro groups is 1. The highest BCUT2D eigenvalue weighted by molar-refractivity contribution is 9.10. The SMILES string of the molecule is COc1ccc(-c2ncc(N3CCOCC3)cc2Nc2c(C)c(-c3ccccn3)nc3cc(F)cc(F)c23)cn1.COc1nc(-c2cccnc2)c([N+](=O)[O-])cc1Br. The molecule has 1 aliphatic heterocycles. The van der Waals surface area contributed by atoms with Gasteiger partial charge >= 0.3 is 0 Å². The van der Waals surface area contributed by atoms with Crippen molar-refractivity contribution in [3.05, 3.63) is 129 Å². The number of pyridine rings is 6. The van der Waals surface area contributed by atoms with Crippen molar-refractivity contribution < 1.29 is 27.9 Å². The molecule has 1 fully saturated rings. The first-order valence-corrected chi connectivity index (χ1v) is 18.5. The number of rotatable bonds is 9. The molecule has 17 heteroatoms. The third-order valence-corrected chi connectivity index (χ3v) is 9.70. The first kappa shape index (κ1) is 39.5. The molecule has 6 aromatic heterocycles. The predicted octanol–water partition coefficient (Wildman–Crippen LogP) is 8.75. The van der Waals surface area contributed by atoms with Gasteiger partial charge in [0.1, 0.15) is 11.6 Å². The van der Waals surface area contributed by atoms with Gasteiger partial charge in [-0.2, -0.15) is 0 Å². The Morgan fingerprint density at radius 1 is 0.862 bits per heavy atom. The van der Waals surface area contributed by atoms with Crippen LogP contribution in [0.4, 0.5) is 31.5 Å². The van der Waals surface area contributed by atoms with Crippen molar-refractivity contribution in [3.63, 3.8) is 0 Å². The Kier molecular flexibility index (Phi) is 12.0. The fraction of sp³-hybridized carbons (Fsp3) is 0.171. The number of fused-ring (bicyclic) bond motifs is 1. The number of halogens is 3. The summed E-state index contributed by atoms with van der Waals surface area (Å²) in [4.78, 5) is 39.0. The summed E-state index contributed by atoms with van der Waals surface area (Å²) in [7, 11) is 3.00. The van der Waals surface area contributed by atoms with Gasteiger partial charge in [0, 0.05) is 78.8 Å². The van der Waals surface area contributed by atoms with Crippen LogP contribution in [0.25, 0.3) is 44.8 Å². The number of anilines is 3. The molecule has 7 aromatic rings. The van der Waals surface area contributed by atoms with E-state index in [9.17, 15) is 14.5 Å². The third-order valence-electron chi connectivity index (χ3n) is 9.13. The number of ether oxygens (including phenoxy) is 3. The van der Waals surface area contributed by atoms with Crippen molar-refractivity contribution in [1.82, 2.24) is 29.9 Å². The van der Waals surface area contributed by atoms with Crippen LogP contribution in [0.2, 0.25) is 0 Å². The van der Waals surface area contributed by atoms with Crippen LogP contribution in [0.15, 0.2) is 102 Å². The molecule has 58 heavy (non-hydrogen) atoms. The second kappa shape index (κ2) is 17.6. The molecule has 14 nitrogen and oxygen atoms in total. The van der Waals surface area contributed by atoms with E-state index >= 15 is 4.39 Å². The lowest BCUT2D eigenvalue weighted by molar-refractivity contribution is -0.384. The Balaban J connectivity index is 0.000000238. The highest BCUT2D eigenvalue weighted by atomic mass is 79.9. The van der Waals surface area contributed by atoms with Gasteiger partial charge in [-0.1, -0.05) is 6.07 Å². The van der Waals surface area contributed by atoms with Gasteiger partial charge in [-0.3, -0.25) is 25.1 Å². The summed E-state index contributed by atoms with van der Waals surface area (Å²) in [6, 6.07) is 17.9. The molecule has 0 saturated carbocycles. The van der Waals surface area contributed by atoms with Crippen molar-refractivity contribution >= 4 is 49.6 Å². The quantitative estimate of drug-likeness (QED) is 0.108. The zero-order valence-corrected chi connectivity index (χ0v) is 32.9. The van der Waals surface area contributed by atoms with Crippen LogP contribution in [-0.2, 0) is 4.74 Å². The second-order valence-corrected chi connectivity index (χ2v) is 13.6. The number of nitrogens with zero attached hydrogens (tertiary/aromatic N) is 8. The summed E-state index contributed by atoms with van der Waals surface area (Å²) in [5, 5.41) is 14.7. The van der Waals surface area contributed by atoms with Crippen LogP contribution in [-0.4, -0.2) is 75.4 Å². The largest absolute Gasteiger partial charge is 0.481 e. The van der Waals surface area contributed by atoms with Gasteiger partial charge in [0.25, 0.3) is 5.69 Å². The van der Waals surface area contributed by atoms with Crippen molar-refractivity contribution in [1.29, 1.82) is 0 Å². The van der Waals surface area contributed by atoms with Crippen LogP contribution in [0, 0.1) is 28.7 Å². The van der Waals surface area contributed by atoms with E-state index in [4.69, 9.17) is 19.2 Å². The van der Waals surface area contributed by atoms with Gasteiger partial charge in [-0.25, -0.2) is 23.7 Å². The Bertz CT molecular complexity index is 2590. The lowest BCUT2D eigenvalue weighted by atomic mass is 10.0. The second-order valence-electron chi connectivity index (χ2n) is 12.7. The Hall–Kier alpha value is -6.72. The predicted molar refractivity (Wildman–Crippen MR) is 218 cm³/mol. The molecule has 1 saturated heterocycles. The Morgan fingerprint density at radius 2 is 1.67 bits per heavy atom. The lowest BCUT2D eigenvalue weighted by Crippen LogP contribution is -2.36. The molecule has 0 bridgehead atoms. The molecule has 0 aliphatic carbocycles. The number of morpholine rings is 1. The molecule has 8 rings (SSSR count). The molecule has 0 atom stereocenters.